The van der Waals surface area contributed by atoms with E-state index in [4.69, 9.17) is 0 Å². The van der Waals surface area contributed by atoms with Crippen molar-refractivity contribution >= 4 is 0 Å². The fourth-order valence-electron chi connectivity index (χ4n) is 1.24. The van der Waals surface area contributed by atoms with Gasteiger partial charge in [0.15, 0.2) is 17.5 Å². The number of rotatable bonds is 3. The molecule has 0 nitrogen and oxygen atoms in total. The number of hydrogen-bond acceptors (Lipinski definition) is 0. The summed E-state index contributed by atoms with van der Waals surface area (Å²) in [6.45, 7) is 3.92. The quantitative estimate of drug-likeness (QED) is 0.656. The van der Waals surface area contributed by atoms with Crippen LogP contribution in [0, 0.1) is 23.4 Å². The lowest BCUT2D eigenvalue weighted by molar-refractivity contribution is 0.433. The SMILES string of the molecule is CCC(C)Cc1ccc(F)c(F)c1F. The molecular weight excluding hydrogens is 189 g/mol. The number of halogens is 3. The summed E-state index contributed by atoms with van der Waals surface area (Å²) in [4.78, 5) is 0. The molecule has 0 N–H and O–H groups in total. The maximum Gasteiger partial charge on any atom is 0.194 e. The normalized spacial score (nSPS) is 12.9. The lowest BCUT2D eigenvalue weighted by Crippen LogP contribution is -2.03. The Hall–Kier alpha value is -0.990. The Morgan fingerprint density at radius 3 is 2.36 bits per heavy atom. The predicted octanol–water partition coefficient (Wildman–Crippen LogP) is 3.69. The molecule has 1 rings (SSSR count). The highest BCUT2D eigenvalue weighted by molar-refractivity contribution is 5.20. The minimum absolute atomic E-state index is 0.248. The number of hydrogen-bond donors (Lipinski definition) is 0. The van der Waals surface area contributed by atoms with E-state index in [1.807, 2.05) is 13.8 Å². The Kier molecular flexibility index (Phi) is 3.55. The third kappa shape index (κ3) is 2.28. The second-order valence-corrected chi connectivity index (χ2v) is 3.55. The standard InChI is InChI=1S/C11H13F3/c1-3-7(2)6-8-4-5-9(12)11(14)10(8)13/h4-5,7H,3,6H2,1-2H3. The highest BCUT2D eigenvalue weighted by Gasteiger charge is 2.14. The molecule has 0 aliphatic carbocycles. The fourth-order valence-corrected chi connectivity index (χ4v) is 1.24. The third-order valence-corrected chi connectivity index (χ3v) is 2.38. The van der Waals surface area contributed by atoms with E-state index < -0.39 is 17.5 Å². The Morgan fingerprint density at radius 1 is 1.14 bits per heavy atom. The summed E-state index contributed by atoms with van der Waals surface area (Å²) in [6.07, 6.45) is 1.33. The van der Waals surface area contributed by atoms with Crippen LogP contribution in [0.2, 0.25) is 0 Å². The van der Waals surface area contributed by atoms with Crippen molar-refractivity contribution in [2.75, 3.05) is 0 Å². The molecule has 0 saturated heterocycles. The van der Waals surface area contributed by atoms with Crippen LogP contribution in [0.5, 0.6) is 0 Å². The van der Waals surface area contributed by atoms with Crippen LogP contribution in [0.4, 0.5) is 13.2 Å². The average Bonchev–Trinajstić information content (AvgIpc) is 2.19. The third-order valence-electron chi connectivity index (χ3n) is 2.38. The summed E-state index contributed by atoms with van der Waals surface area (Å²) in [5.41, 5.74) is 0.248. The molecule has 0 fully saturated rings. The van der Waals surface area contributed by atoms with E-state index in [2.05, 4.69) is 0 Å². The molecule has 0 spiro atoms. The van der Waals surface area contributed by atoms with Crippen molar-refractivity contribution in [2.45, 2.75) is 26.7 Å². The Bertz CT molecular complexity index is 321. The van der Waals surface area contributed by atoms with Gasteiger partial charge in [0.2, 0.25) is 0 Å². The van der Waals surface area contributed by atoms with Crippen LogP contribution < -0.4 is 0 Å². The summed E-state index contributed by atoms with van der Waals surface area (Å²) in [5, 5.41) is 0. The van der Waals surface area contributed by atoms with Crippen LogP contribution in [0.1, 0.15) is 25.8 Å². The Morgan fingerprint density at radius 2 is 1.79 bits per heavy atom. The van der Waals surface area contributed by atoms with Gasteiger partial charge in [0, 0.05) is 0 Å². The van der Waals surface area contributed by atoms with Gasteiger partial charge in [-0.1, -0.05) is 26.3 Å². The van der Waals surface area contributed by atoms with E-state index in [1.54, 1.807) is 0 Å². The second-order valence-electron chi connectivity index (χ2n) is 3.55. The van der Waals surface area contributed by atoms with Crippen molar-refractivity contribution in [3.8, 4) is 0 Å². The minimum atomic E-state index is -1.37. The second kappa shape index (κ2) is 4.49. The molecule has 1 aromatic rings. The molecule has 1 atom stereocenters. The van der Waals surface area contributed by atoms with Crippen LogP contribution in [-0.4, -0.2) is 0 Å². The first-order valence-corrected chi connectivity index (χ1v) is 4.68. The maximum absolute atomic E-state index is 13.1. The Labute approximate surface area is 81.8 Å². The largest absolute Gasteiger partial charge is 0.204 e. The first-order valence-electron chi connectivity index (χ1n) is 4.68. The molecule has 0 aromatic heterocycles. The van der Waals surface area contributed by atoms with Gasteiger partial charge in [0.25, 0.3) is 0 Å². The van der Waals surface area contributed by atoms with Crippen molar-refractivity contribution in [3.05, 3.63) is 35.1 Å². The van der Waals surface area contributed by atoms with Crippen LogP contribution >= 0.6 is 0 Å². The van der Waals surface area contributed by atoms with Gasteiger partial charge in [-0.3, -0.25) is 0 Å². The maximum atomic E-state index is 13.1. The van der Waals surface area contributed by atoms with Crippen LogP contribution in [0.3, 0.4) is 0 Å². The molecule has 0 aliphatic heterocycles. The van der Waals surface area contributed by atoms with Crippen molar-refractivity contribution in [1.29, 1.82) is 0 Å². The molecule has 0 heterocycles. The van der Waals surface area contributed by atoms with Crippen LogP contribution in [0.15, 0.2) is 12.1 Å². The molecule has 3 heteroatoms. The van der Waals surface area contributed by atoms with E-state index in [1.165, 1.54) is 6.07 Å². The summed E-state index contributed by atoms with van der Waals surface area (Å²) < 4.78 is 38.5. The van der Waals surface area contributed by atoms with Gasteiger partial charge < -0.3 is 0 Å². The zero-order valence-electron chi connectivity index (χ0n) is 8.28. The first-order chi connectivity index (χ1) is 6.56. The van der Waals surface area contributed by atoms with Crippen LogP contribution in [0.25, 0.3) is 0 Å². The lowest BCUT2D eigenvalue weighted by atomic mass is 9.98. The summed E-state index contributed by atoms with van der Waals surface area (Å²) in [5.74, 6) is -3.28. The molecular formula is C11H13F3. The first kappa shape index (κ1) is 11.1. The zero-order chi connectivity index (χ0) is 10.7. The molecule has 1 unspecified atom stereocenters. The molecule has 0 aliphatic rings. The van der Waals surface area contributed by atoms with Gasteiger partial charge in [0.1, 0.15) is 0 Å². The molecule has 14 heavy (non-hydrogen) atoms. The van der Waals surface area contributed by atoms with E-state index in [-0.39, 0.29) is 11.5 Å². The van der Waals surface area contributed by atoms with Gasteiger partial charge in [0.05, 0.1) is 0 Å². The highest BCUT2D eigenvalue weighted by Crippen LogP contribution is 2.19. The predicted molar refractivity (Wildman–Crippen MR) is 49.5 cm³/mol. The van der Waals surface area contributed by atoms with E-state index in [0.717, 1.165) is 12.5 Å². The smallest absolute Gasteiger partial charge is 0.194 e. The molecule has 0 saturated carbocycles. The number of benzene rings is 1. The molecule has 0 radical (unpaired) electrons. The minimum Gasteiger partial charge on any atom is -0.204 e. The van der Waals surface area contributed by atoms with Crippen molar-refractivity contribution in [2.24, 2.45) is 5.92 Å². The van der Waals surface area contributed by atoms with E-state index in [0.29, 0.717) is 6.42 Å². The molecule has 78 valence electrons. The van der Waals surface area contributed by atoms with Gasteiger partial charge >= 0.3 is 0 Å². The molecule has 0 amide bonds. The van der Waals surface area contributed by atoms with Crippen molar-refractivity contribution < 1.29 is 13.2 Å². The van der Waals surface area contributed by atoms with Gasteiger partial charge in [-0.25, -0.2) is 13.2 Å². The lowest BCUT2D eigenvalue weighted by Gasteiger charge is -2.09. The van der Waals surface area contributed by atoms with Crippen molar-refractivity contribution in [1.82, 2.24) is 0 Å². The summed E-state index contributed by atoms with van der Waals surface area (Å²) in [6, 6.07) is 2.27. The van der Waals surface area contributed by atoms with Crippen molar-refractivity contribution in [3.63, 3.8) is 0 Å². The summed E-state index contributed by atoms with van der Waals surface area (Å²) >= 11 is 0. The van der Waals surface area contributed by atoms with E-state index in [9.17, 15) is 13.2 Å². The zero-order valence-corrected chi connectivity index (χ0v) is 8.28. The average molecular weight is 202 g/mol. The van der Waals surface area contributed by atoms with Crippen LogP contribution in [-0.2, 0) is 6.42 Å². The highest BCUT2D eigenvalue weighted by atomic mass is 19.2. The summed E-state index contributed by atoms with van der Waals surface area (Å²) in [7, 11) is 0. The molecule has 1 aromatic carbocycles. The topological polar surface area (TPSA) is 0 Å². The van der Waals surface area contributed by atoms with E-state index >= 15 is 0 Å². The van der Waals surface area contributed by atoms with Gasteiger partial charge in [-0.2, -0.15) is 0 Å². The monoisotopic (exact) mass is 202 g/mol. The fraction of sp³-hybridized carbons (Fsp3) is 0.455. The molecule has 0 bridgehead atoms. The van der Waals surface area contributed by atoms with Gasteiger partial charge in [-0.15, -0.1) is 0 Å². The van der Waals surface area contributed by atoms with Gasteiger partial charge in [-0.05, 0) is 24.0 Å². The Balaban J connectivity index is 2.94.